The van der Waals surface area contributed by atoms with Crippen molar-refractivity contribution >= 4 is 21.4 Å². The molecule has 2 heterocycles. The van der Waals surface area contributed by atoms with Gasteiger partial charge in [-0.05, 0) is 56.6 Å². The van der Waals surface area contributed by atoms with Gasteiger partial charge in [0.1, 0.15) is 5.69 Å². The number of benzene rings is 2. The van der Waals surface area contributed by atoms with Crippen LogP contribution in [0.25, 0.3) is 0 Å². The molecule has 0 aliphatic carbocycles. The van der Waals surface area contributed by atoms with Gasteiger partial charge in [-0.15, -0.1) is 0 Å². The maximum atomic E-state index is 13.0. The van der Waals surface area contributed by atoms with Gasteiger partial charge in [-0.3, -0.25) is 15.0 Å². The van der Waals surface area contributed by atoms with Crippen molar-refractivity contribution in [3.05, 3.63) is 64.2 Å². The number of piperidine rings is 1. The molecule has 1 N–H and O–H groups in total. The molecule has 34 heavy (non-hydrogen) atoms. The average Bonchev–Trinajstić information content (AvgIpc) is 2.84. The van der Waals surface area contributed by atoms with Crippen LogP contribution in [0.4, 0.5) is 11.4 Å². The van der Waals surface area contributed by atoms with E-state index >= 15 is 0 Å². The number of sulfonamides is 1. The van der Waals surface area contributed by atoms with Gasteiger partial charge in [-0.1, -0.05) is 30.3 Å². The second kappa shape index (κ2) is 10.8. The largest absolute Gasteiger partial charge is 0.379 e. The maximum Gasteiger partial charge on any atom is 0.293 e. The van der Waals surface area contributed by atoms with Gasteiger partial charge in [0.15, 0.2) is 0 Å². The minimum Gasteiger partial charge on any atom is -0.379 e. The van der Waals surface area contributed by atoms with Crippen molar-refractivity contribution in [2.24, 2.45) is 5.92 Å². The van der Waals surface area contributed by atoms with Crippen LogP contribution in [-0.2, 0) is 16.6 Å². The monoisotopic (exact) mass is 487 g/mol. The predicted octanol–water partition coefficient (Wildman–Crippen LogP) is 2.86. The number of likely N-dealkylation sites (tertiary alicyclic amines) is 1. The first kappa shape index (κ1) is 24.6. The van der Waals surface area contributed by atoms with Crippen LogP contribution in [0.1, 0.15) is 18.4 Å². The smallest absolute Gasteiger partial charge is 0.293 e. The van der Waals surface area contributed by atoms with Crippen molar-refractivity contribution in [1.29, 1.82) is 0 Å². The predicted molar refractivity (Wildman–Crippen MR) is 132 cm³/mol. The zero-order chi connectivity index (χ0) is 24.1. The van der Waals surface area contributed by atoms with E-state index in [1.165, 1.54) is 28.1 Å². The van der Waals surface area contributed by atoms with Crippen molar-refractivity contribution in [1.82, 2.24) is 14.1 Å². The fourth-order valence-electron chi connectivity index (χ4n) is 4.59. The molecule has 0 spiro atoms. The summed E-state index contributed by atoms with van der Waals surface area (Å²) in [4.78, 5) is 15.7. The number of rotatable bonds is 8. The van der Waals surface area contributed by atoms with Crippen LogP contribution in [0.3, 0.4) is 0 Å². The highest BCUT2D eigenvalue weighted by molar-refractivity contribution is 7.89. The highest BCUT2D eigenvalue weighted by atomic mass is 32.2. The van der Waals surface area contributed by atoms with Crippen molar-refractivity contribution < 1.29 is 13.3 Å². The molecule has 0 atom stereocenters. The first-order chi connectivity index (χ1) is 16.3. The molecular formula is C24H33N5O4S. The van der Waals surface area contributed by atoms with Crippen LogP contribution < -0.4 is 5.32 Å². The molecule has 0 radical (unpaired) electrons. The van der Waals surface area contributed by atoms with Crippen LogP contribution in [0.2, 0.25) is 0 Å². The molecule has 0 unspecified atom stereocenters. The number of hydrogen-bond donors (Lipinski definition) is 1. The van der Waals surface area contributed by atoms with Crippen LogP contribution in [-0.4, -0.2) is 80.3 Å². The Bertz CT molecular complexity index is 1080. The van der Waals surface area contributed by atoms with E-state index < -0.39 is 14.9 Å². The summed E-state index contributed by atoms with van der Waals surface area (Å²) in [5.74, 6) is 0.417. The molecule has 0 aromatic heterocycles. The summed E-state index contributed by atoms with van der Waals surface area (Å²) in [5, 5.41) is 14.9. The Morgan fingerprint density at radius 2 is 1.68 bits per heavy atom. The van der Waals surface area contributed by atoms with Gasteiger partial charge in [0.05, 0.1) is 9.82 Å². The van der Waals surface area contributed by atoms with Gasteiger partial charge in [-0.25, -0.2) is 8.42 Å². The number of nitro benzene ring substituents is 1. The Morgan fingerprint density at radius 1 is 1.00 bits per heavy atom. The van der Waals surface area contributed by atoms with E-state index in [0.29, 0.717) is 44.3 Å². The number of anilines is 1. The molecule has 4 rings (SSSR count). The van der Waals surface area contributed by atoms with Gasteiger partial charge >= 0.3 is 0 Å². The van der Waals surface area contributed by atoms with E-state index in [9.17, 15) is 18.5 Å². The second-order valence-electron chi connectivity index (χ2n) is 9.23. The molecule has 184 valence electrons. The Kier molecular flexibility index (Phi) is 7.82. The van der Waals surface area contributed by atoms with Crippen molar-refractivity contribution in [3.8, 4) is 0 Å². The third-order valence-corrected chi connectivity index (χ3v) is 8.70. The summed E-state index contributed by atoms with van der Waals surface area (Å²) in [5.41, 5.74) is 1.48. The fourth-order valence-corrected chi connectivity index (χ4v) is 6.04. The van der Waals surface area contributed by atoms with E-state index in [-0.39, 0.29) is 10.6 Å². The van der Waals surface area contributed by atoms with E-state index in [1.807, 2.05) is 13.1 Å². The lowest BCUT2D eigenvalue weighted by Crippen LogP contribution is -2.47. The zero-order valence-electron chi connectivity index (χ0n) is 19.6. The Hall–Kier alpha value is -2.53. The number of nitrogens with zero attached hydrogens (tertiary/aromatic N) is 4. The van der Waals surface area contributed by atoms with Gasteiger partial charge in [0.25, 0.3) is 5.69 Å². The third kappa shape index (κ3) is 5.93. The number of hydrogen-bond acceptors (Lipinski definition) is 7. The molecule has 2 aliphatic rings. The molecule has 10 heteroatoms. The van der Waals surface area contributed by atoms with E-state index in [0.717, 1.165) is 32.5 Å². The zero-order valence-corrected chi connectivity index (χ0v) is 20.4. The lowest BCUT2D eigenvalue weighted by atomic mass is 9.96. The van der Waals surface area contributed by atoms with Crippen LogP contribution in [0, 0.1) is 16.0 Å². The molecular weight excluding hydrogens is 454 g/mol. The molecule has 0 amide bonds. The normalized spacial score (nSPS) is 19.2. The topological polar surface area (TPSA) is 99.0 Å². The highest BCUT2D eigenvalue weighted by Crippen LogP contribution is 2.30. The Balaban J connectivity index is 1.36. The first-order valence-electron chi connectivity index (χ1n) is 11.8. The SMILES string of the molecule is CN1CCN(S(=O)(=O)c2ccc(NCC3CCN(Cc4ccccc4)CC3)c([N+](=O)[O-])c2)CC1. The van der Waals surface area contributed by atoms with Crippen LogP contribution in [0.15, 0.2) is 53.4 Å². The van der Waals surface area contributed by atoms with E-state index in [1.54, 1.807) is 0 Å². The van der Waals surface area contributed by atoms with Gasteiger partial charge in [-0.2, -0.15) is 4.31 Å². The lowest BCUT2D eigenvalue weighted by Gasteiger charge is -2.32. The van der Waals surface area contributed by atoms with Crippen LogP contribution in [0.5, 0.6) is 0 Å². The van der Waals surface area contributed by atoms with E-state index in [2.05, 4.69) is 39.4 Å². The van der Waals surface area contributed by atoms with Gasteiger partial charge in [0.2, 0.25) is 10.0 Å². The van der Waals surface area contributed by atoms with Gasteiger partial charge < -0.3 is 10.2 Å². The number of nitro groups is 1. The van der Waals surface area contributed by atoms with Crippen molar-refractivity contribution in [2.75, 3.05) is 58.2 Å². The average molecular weight is 488 g/mol. The standard InChI is InChI=1S/C24H33N5O4S/c1-26-13-15-28(16-14-26)34(32,33)22-7-8-23(24(17-22)29(30)31)25-18-20-9-11-27(12-10-20)19-21-5-3-2-4-6-21/h2-8,17,20,25H,9-16,18-19H2,1H3. The van der Waals surface area contributed by atoms with Crippen molar-refractivity contribution in [2.45, 2.75) is 24.3 Å². The third-order valence-electron chi connectivity index (χ3n) is 6.80. The Labute approximate surface area is 201 Å². The number of piperazine rings is 1. The number of likely N-dealkylation sites (N-methyl/N-ethyl adjacent to an activating group) is 1. The molecule has 2 aliphatic heterocycles. The first-order valence-corrected chi connectivity index (χ1v) is 13.2. The summed E-state index contributed by atoms with van der Waals surface area (Å²) in [7, 11) is -1.81. The maximum absolute atomic E-state index is 13.0. The molecule has 2 saturated heterocycles. The summed E-state index contributed by atoms with van der Waals surface area (Å²) in [6.07, 6.45) is 2.03. The minimum atomic E-state index is -3.76. The second-order valence-corrected chi connectivity index (χ2v) is 11.2. The number of nitrogens with one attached hydrogen (secondary N) is 1. The molecule has 2 aromatic carbocycles. The summed E-state index contributed by atoms with van der Waals surface area (Å²) < 4.78 is 27.4. The minimum absolute atomic E-state index is 0.0245. The van der Waals surface area contributed by atoms with Gasteiger partial charge in [0, 0.05) is 45.3 Å². The molecule has 2 fully saturated rings. The van der Waals surface area contributed by atoms with E-state index in [4.69, 9.17) is 0 Å². The quantitative estimate of drug-likeness (QED) is 0.452. The summed E-state index contributed by atoms with van der Waals surface area (Å²) in [6.45, 7) is 5.61. The highest BCUT2D eigenvalue weighted by Gasteiger charge is 2.30. The Morgan fingerprint density at radius 3 is 2.32 bits per heavy atom. The van der Waals surface area contributed by atoms with Crippen LogP contribution >= 0.6 is 0 Å². The fraction of sp³-hybridized carbons (Fsp3) is 0.500. The lowest BCUT2D eigenvalue weighted by molar-refractivity contribution is -0.384. The molecule has 2 aromatic rings. The van der Waals surface area contributed by atoms with Crippen molar-refractivity contribution in [3.63, 3.8) is 0 Å². The summed E-state index contributed by atoms with van der Waals surface area (Å²) >= 11 is 0. The summed E-state index contributed by atoms with van der Waals surface area (Å²) in [6, 6.07) is 14.6. The molecule has 0 saturated carbocycles. The molecule has 9 nitrogen and oxygen atoms in total. The molecule has 0 bridgehead atoms.